The van der Waals surface area contributed by atoms with Crippen molar-refractivity contribution in [3.8, 4) is 0 Å². The van der Waals surface area contributed by atoms with Crippen LogP contribution in [0.5, 0.6) is 0 Å². The molecule has 2 fully saturated rings. The van der Waals surface area contributed by atoms with Gasteiger partial charge in [-0.3, -0.25) is 9.59 Å². The van der Waals surface area contributed by atoms with E-state index in [-0.39, 0.29) is 29.9 Å². The summed E-state index contributed by atoms with van der Waals surface area (Å²) in [5, 5.41) is 7.03. The van der Waals surface area contributed by atoms with Crippen LogP contribution in [0, 0.1) is 0 Å². The third-order valence-electron chi connectivity index (χ3n) is 7.01. The zero-order chi connectivity index (χ0) is 27.5. The van der Waals surface area contributed by atoms with Gasteiger partial charge < -0.3 is 25.3 Å². The van der Waals surface area contributed by atoms with Gasteiger partial charge in [0.25, 0.3) is 5.91 Å². The van der Waals surface area contributed by atoms with Crippen LogP contribution in [0.25, 0.3) is 0 Å². The fraction of sp³-hybridized carbons (Fsp3) is 0.464. The van der Waals surface area contributed by atoms with E-state index in [0.29, 0.717) is 55.6 Å². The molecule has 204 valence electrons. The van der Waals surface area contributed by atoms with Crippen molar-refractivity contribution in [2.24, 2.45) is 0 Å². The Morgan fingerprint density at radius 3 is 2.34 bits per heavy atom. The second kappa shape index (κ2) is 11.4. The lowest BCUT2D eigenvalue weighted by molar-refractivity contribution is -0.137. The smallest absolute Gasteiger partial charge is 0.317 e. The molecule has 2 aromatic rings. The number of halogens is 2. The molecule has 4 rings (SSSR count). The zero-order valence-electron chi connectivity index (χ0n) is 22.1. The third kappa shape index (κ3) is 6.35. The minimum Gasteiger partial charge on any atom is -0.354 e. The maximum Gasteiger partial charge on any atom is 0.317 e. The van der Waals surface area contributed by atoms with E-state index in [1.807, 2.05) is 57.2 Å². The molecule has 0 bridgehead atoms. The molecule has 4 amide bonds. The molecule has 0 unspecified atom stereocenters. The molecule has 1 spiro atoms. The van der Waals surface area contributed by atoms with Gasteiger partial charge in [0, 0.05) is 40.9 Å². The van der Waals surface area contributed by atoms with E-state index in [4.69, 9.17) is 23.2 Å². The van der Waals surface area contributed by atoms with E-state index < -0.39 is 5.54 Å². The van der Waals surface area contributed by atoms with E-state index in [1.165, 1.54) is 0 Å². The first-order valence-electron chi connectivity index (χ1n) is 12.9. The summed E-state index contributed by atoms with van der Waals surface area (Å²) in [6.07, 6.45) is 1.54. The highest BCUT2D eigenvalue weighted by molar-refractivity contribution is 6.35. The van der Waals surface area contributed by atoms with Gasteiger partial charge in [-0.1, -0.05) is 47.5 Å². The lowest BCUT2D eigenvalue weighted by atomic mass is 9.85. The number of para-hydroxylation sites is 1. The third-order valence-corrected chi connectivity index (χ3v) is 7.59. The number of urea groups is 1. The average molecular weight is 561 g/mol. The van der Waals surface area contributed by atoms with Gasteiger partial charge in [0.05, 0.1) is 6.67 Å². The molecule has 2 saturated heterocycles. The molecule has 2 aromatic carbocycles. The minimum atomic E-state index is -0.795. The quantitative estimate of drug-likeness (QED) is 0.552. The Balaban J connectivity index is 1.42. The molecule has 2 heterocycles. The van der Waals surface area contributed by atoms with Crippen molar-refractivity contribution in [2.45, 2.75) is 51.1 Å². The number of carbonyl (C=O) groups excluding carboxylic acids is 3. The molecule has 0 radical (unpaired) electrons. The summed E-state index contributed by atoms with van der Waals surface area (Å²) in [6, 6.07) is 14.9. The first-order chi connectivity index (χ1) is 18.0. The SMILES string of the molecule is CC(C)(C)NC(=O)N1CCC2(CC1)C(=O)N(CC(=O)NCCc1ccc(Cl)cc1Cl)CN2c1ccccc1. The van der Waals surface area contributed by atoms with Crippen LogP contribution < -0.4 is 15.5 Å². The normalized spacial score (nSPS) is 17.2. The number of nitrogens with one attached hydrogen (secondary N) is 2. The molecule has 2 N–H and O–H groups in total. The van der Waals surface area contributed by atoms with Gasteiger partial charge in [0.2, 0.25) is 5.91 Å². The summed E-state index contributed by atoms with van der Waals surface area (Å²) in [5.41, 5.74) is 0.685. The van der Waals surface area contributed by atoms with Crippen LogP contribution in [0.3, 0.4) is 0 Å². The molecule has 10 heteroatoms. The monoisotopic (exact) mass is 559 g/mol. The predicted molar refractivity (Wildman–Crippen MR) is 150 cm³/mol. The molecular weight excluding hydrogens is 525 g/mol. The number of hydrogen-bond donors (Lipinski definition) is 2. The molecule has 0 aliphatic carbocycles. The van der Waals surface area contributed by atoms with Crippen molar-refractivity contribution >= 4 is 46.7 Å². The van der Waals surface area contributed by atoms with Crippen molar-refractivity contribution in [1.29, 1.82) is 0 Å². The van der Waals surface area contributed by atoms with Crippen LogP contribution in [0.15, 0.2) is 48.5 Å². The average Bonchev–Trinajstić information content (AvgIpc) is 3.11. The van der Waals surface area contributed by atoms with E-state index in [2.05, 4.69) is 15.5 Å². The number of carbonyl (C=O) groups is 3. The molecule has 2 aliphatic heterocycles. The Bertz CT molecular complexity index is 1180. The Morgan fingerprint density at radius 2 is 1.71 bits per heavy atom. The van der Waals surface area contributed by atoms with E-state index >= 15 is 0 Å². The highest BCUT2D eigenvalue weighted by Gasteiger charge is 2.54. The Morgan fingerprint density at radius 1 is 1.03 bits per heavy atom. The zero-order valence-corrected chi connectivity index (χ0v) is 23.6. The number of anilines is 1. The number of amides is 4. The van der Waals surface area contributed by atoms with Crippen LogP contribution in [0.1, 0.15) is 39.2 Å². The van der Waals surface area contributed by atoms with Gasteiger partial charge in [0.15, 0.2) is 0 Å². The summed E-state index contributed by atoms with van der Waals surface area (Å²) in [4.78, 5) is 44.9. The molecular formula is C28H35Cl2N5O3. The Kier molecular flexibility index (Phi) is 8.43. The second-order valence-corrected chi connectivity index (χ2v) is 11.8. The molecule has 2 aliphatic rings. The van der Waals surface area contributed by atoms with E-state index in [0.717, 1.165) is 11.3 Å². The number of benzene rings is 2. The second-order valence-electron chi connectivity index (χ2n) is 10.9. The summed E-state index contributed by atoms with van der Waals surface area (Å²) >= 11 is 12.2. The van der Waals surface area contributed by atoms with E-state index in [1.54, 1.807) is 21.9 Å². The number of hydrogen-bond acceptors (Lipinski definition) is 4. The summed E-state index contributed by atoms with van der Waals surface area (Å²) in [5.74, 6) is -0.302. The lowest BCUT2D eigenvalue weighted by Crippen LogP contribution is -2.59. The molecule has 0 atom stereocenters. The summed E-state index contributed by atoms with van der Waals surface area (Å²) in [7, 11) is 0. The highest BCUT2D eigenvalue weighted by atomic mass is 35.5. The van der Waals surface area contributed by atoms with Crippen LogP contribution in [-0.2, 0) is 16.0 Å². The first kappa shape index (κ1) is 28.0. The molecule has 0 saturated carbocycles. The minimum absolute atomic E-state index is 0.0352. The number of rotatable bonds is 6. The molecule has 38 heavy (non-hydrogen) atoms. The van der Waals surface area contributed by atoms with Crippen molar-refractivity contribution in [1.82, 2.24) is 20.4 Å². The van der Waals surface area contributed by atoms with Crippen molar-refractivity contribution in [3.05, 3.63) is 64.1 Å². The fourth-order valence-corrected chi connectivity index (χ4v) is 5.60. The largest absolute Gasteiger partial charge is 0.354 e. The topological polar surface area (TPSA) is 85.0 Å². The lowest BCUT2D eigenvalue weighted by Gasteiger charge is -2.43. The summed E-state index contributed by atoms with van der Waals surface area (Å²) in [6.45, 7) is 7.42. The van der Waals surface area contributed by atoms with Crippen LogP contribution in [0.2, 0.25) is 10.0 Å². The molecule has 0 aromatic heterocycles. The summed E-state index contributed by atoms with van der Waals surface area (Å²) < 4.78 is 0. The van der Waals surface area contributed by atoms with E-state index in [9.17, 15) is 14.4 Å². The van der Waals surface area contributed by atoms with Crippen molar-refractivity contribution in [2.75, 3.05) is 37.7 Å². The van der Waals surface area contributed by atoms with Gasteiger partial charge in [0.1, 0.15) is 12.1 Å². The van der Waals surface area contributed by atoms with Crippen molar-refractivity contribution < 1.29 is 14.4 Å². The van der Waals surface area contributed by atoms with Gasteiger partial charge in [-0.15, -0.1) is 0 Å². The van der Waals surface area contributed by atoms with Crippen LogP contribution in [0.4, 0.5) is 10.5 Å². The highest BCUT2D eigenvalue weighted by Crippen LogP contribution is 2.39. The van der Waals surface area contributed by atoms with Gasteiger partial charge in [-0.2, -0.15) is 0 Å². The molecule has 8 nitrogen and oxygen atoms in total. The van der Waals surface area contributed by atoms with Gasteiger partial charge in [-0.05, 0) is 69.9 Å². The van der Waals surface area contributed by atoms with Gasteiger partial charge in [-0.25, -0.2) is 4.79 Å². The van der Waals surface area contributed by atoms with Crippen LogP contribution in [-0.4, -0.2) is 71.6 Å². The maximum atomic E-state index is 13.8. The fourth-order valence-electron chi connectivity index (χ4n) is 5.09. The standard InChI is InChI=1S/C28H35Cl2N5O3/c1-27(2,3)32-26(38)33-15-12-28(13-16-33)25(37)34(19-35(28)22-7-5-4-6-8-22)18-24(36)31-14-11-20-9-10-21(29)17-23(20)30/h4-10,17H,11-16,18-19H2,1-3H3,(H,31,36)(H,32,38). The van der Waals surface area contributed by atoms with Crippen molar-refractivity contribution in [3.63, 3.8) is 0 Å². The first-order valence-corrected chi connectivity index (χ1v) is 13.6. The predicted octanol–water partition coefficient (Wildman–Crippen LogP) is 4.30. The Hall–Kier alpha value is -2.97. The maximum absolute atomic E-state index is 13.8. The Labute approximate surface area is 234 Å². The van der Waals surface area contributed by atoms with Gasteiger partial charge >= 0.3 is 6.03 Å². The number of nitrogens with zero attached hydrogens (tertiary/aromatic N) is 3. The number of piperidine rings is 1. The number of likely N-dealkylation sites (tertiary alicyclic amines) is 1. The van der Waals surface area contributed by atoms with Crippen LogP contribution >= 0.6 is 23.2 Å².